The minimum absolute atomic E-state index is 0.299. The SMILES string of the molecule is Cc1cccc(C(C)N2CCc3c(ncnc3N3CCN(C4CCC4)CC3)C2)n1. The minimum atomic E-state index is 0.299. The predicted molar refractivity (Wildman–Crippen MR) is 115 cm³/mol. The second-order valence-electron chi connectivity index (χ2n) is 8.83. The number of aryl methyl sites for hydroxylation is 1. The summed E-state index contributed by atoms with van der Waals surface area (Å²) in [5.74, 6) is 1.18. The van der Waals surface area contributed by atoms with Gasteiger partial charge in [0.25, 0.3) is 0 Å². The molecule has 2 aliphatic heterocycles. The first kappa shape index (κ1) is 18.9. The molecule has 0 N–H and O–H groups in total. The summed E-state index contributed by atoms with van der Waals surface area (Å²) >= 11 is 0. The molecule has 2 aromatic heterocycles. The van der Waals surface area contributed by atoms with Gasteiger partial charge in [-0.3, -0.25) is 14.8 Å². The second kappa shape index (κ2) is 8.00. The second-order valence-corrected chi connectivity index (χ2v) is 8.83. The van der Waals surface area contributed by atoms with Crippen LogP contribution in [-0.2, 0) is 13.0 Å². The van der Waals surface area contributed by atoms with Gasteiger partial charge < -0.3 is 4.90 Å². The van der Waals surface area contributed by atoms with E-state index in [4.69, 9.17) is 9.97 Å². The van der Waals surface area contributed by atoms with Crippen molar-refractivity contribution in [3.05, 3.63) is 47.2 Å². The van der Waals surface area contributed by atoms with E-state index in [1.165, 1.54) is 49.4 Å². The molecule has 1 atom stereocenters. The molecular formula is C23H32N6. The molecular weight excluding hydrogens is 360 g/mol. The summed E-state index contributed by atoms with van der Waals surface area (Å²) in [4.78, 5) is 21.8. The highest BCUT2D eigenvalue weighted by atomic mass is 15.3. The number of nitrogens with zero attached hydrogens (tertiary/aromatic N) is 6. The molecule has 5 rings (SSSR count). The molecule has 2 fully saturated rings. The first-order valence-electron chi connectivity index (χ1n) is 11.2. The van der Waals surface area contributed by atoms with Crippen molar-refractivity contribution in [1.82, 2.24) is 24.8 Å². The maximum absolute atomic E-state index is 4.74. The van der Waals surface area contributed by atoms with Gasteiger partial charge in [-0.05, 0) is 45.2 Å². The minimum Gasteiger partial charge on any atom is -0.354 e. The number of hydrogen-bond acceptors (Lipinski definition) is 6. The number of aromatic nitrogens is 3. The predicted octanol–water partition coefficient (Wildman–Crippen LogP) is 2.97. The molecule has 0 spiro atoms. The van der Waals surface area contributed by atoms with Crippen molar-refractivity contribution >= 4 is 5.82 Å². The van der Waals surface area contributed by atoms with Crippen molar-refractivity contribution in [3.63, 3.8) is 0 Å². The molecule has 2 aromatic rings. The van der Waals surface area contributed by atoms with Gasteiger partial charge in [0.2, 0.25) is 0 Å². The van der Waals surface area contributed by atoms with Gasteiger partial charge >= 0.3 is 0 Å². The number of hydrogen-bond donors (Lipinski definition) is 0. The van der Waals surface area contributed by atoms with E-state index < -0.39 is 0 Å². The zero-order valence-electron chi connectivity index (χ0n) is 17.7. The molecule has 1 saturated carbocycles. The summed E-state index contributed by atoms with van der Waals surface area (Å²) in [5.41, 5.74) is 4.79. The van der Waals surface area contributed by atoms with E-state index >= 15 is 0 Å². The molecule has 6 nitrogen and oxygen atoms in total. The fraction of sp³-hybridized carbons (Fsp3) is 0.609. The standard InChI is InChI=1S/C23H32N6/c1-17-5-3-8-21(26-17)18(2)29-10-9-20-22(15-29)24-16-25-23(20)28-13-11-27(12-14-28)19-6-4-7-19/h3,5,8,16,18-19H,4,6-7,9-15H2,1-2H3. The average Bonchev–Trinajstić information content (AvgIpc) is 2.72. The lowest BCUT2D eigenvalue weighted by Crippen LogP contribution is -2.52. The van der Waals surface area contributed by atoms with Gasteiger partial charge in [0.1, 0.15) is 12.1 Å². The average molecular weight is 393 g/mol. The van der Waals surface area contributed by atoms with Gasteiger partial charge in [-0.1, -0.05) is 12.5 Å². The maximum atomic E-state index is 4.74. The van der Waals surface area contributed by atoms with Crippen LogP contribution in [0.25, 0.3) is 0 Å². The molecule has 0 aromatic carbocycles. The zero-order chi connectivity index (χ0) is 19.8. The molecule has 154 valence electrons. The fourth-order valence-electron chi connectivity index (χ4n) is 4.99. The number of fused-ring (bicyclic) bond motifs is 1. The van der Waals surface area contributed by atoms with Crippen LogP contribution in [0, 0.1) is 6.92 Å². The van der Waals surface area contributed by atoms with Crippen molar-refractivity contribution in [2.75, 3.05) is 37.6 Å². The third kappa shape index (κ3) is 3.76. The summed E-state index contributed by atoms with van der Waals surface area (Å²) in [7, 11) is 0. The number of piperazine rings is 1. The first-order valence-corrected chi connectivity index (χ1v) is 11.2. The summed E-state index contributed by atoms with van der Waals surface area (Å²) in [5, 5.41) is 0. The molecule has 3 aliphatic rings. The van der Waals surface area contributed by atoms with Crippen molar-refractivity contribution < 1.29 is 0 Å². The van der Waals surface area contributed by atoms with Crippen molar-refractivity contribution in [2.45, 2.75) is 58.2 Å². The molecule has 1 unspecified atom stereocenters. The molecule has 0 amide bonds. The van der Waals surface area contributed by atoms with Crippen LogP contribution in [0.4, 0.5) is 5.82 Å². The largest absolute Gasteiger partial charge is 0.354 e. The topological polar surface area (TPSA) is 48.4 Å². The Morgan fingerprint density at radius 3 is 2.59 bits per heavy atom. The van der Waals surface area contributed by atoms with Crippen LogP contribution < -0.4 is 4.90 Å². The van der Waals surface area contributed by atoms with E-state index in [1.54, 1.807) is 6.33 Å². The van der Waals surface area contributed by atoms with Gasteiger partial charge in [0.15, 0.2) is 0 Å². The smallest absolute Gasteiger partial charge is 0.135 e. The van der Waals surface area contributed by atoms with Crippen LogP contribution in [0.5, 0.6) is 0 Å². The van der Waals surface area contributed by atoms with E-state index in [0.29, 0.717) is 6.04 Å². The zero-order valence-corrected chi connectivity index (χ0v) is 17.7. The molecule has 1 aliphatic carbocycles. The van der Waals surface area contributed by atoms with E-state index in [2.05, 4.69) is 51.7 Å². The van der Waals surface area contributed by atoms with Gasteiger partial charge in [-0.2, -0.15) is 0 Å². The van der Waals surface area contributed by atoms with Crippen LogP contribution in [0.15, 0.2) is 24.5 Å². The number of pyridine rings is 1. The highest BCUT2D eigenvalue weighted by molar-refractivity contribution is 5.50. The molecule has 6 heteroatoms. The van der Waals surface area contributed by atoms with E-state index in [-0.39, 0.29) is 0 Å². The third-order valence-corrected chi connectivity index (χ3v) is 7.10. The summed E-state index contributed by atoms with van der Waals surface area (Å²) in [6.07, 6.45) is 6.99. The number of rotatable bonds is 4. The van der Waals surface area contributed by atoms with Crippen molar-refractivity contribution in [1.29, 1.82) is 0 Å². The van der Waals surface area contributed by atoms with Crippen molar-refractivity contribution in [2.24, 2.45) is 0 Å². The lowest BCUT2D eigenvalue weighted by molar-refractivity contribution is 0.120. The first-order chi connectivity index (χ1) is 14.2. The highest BCUT2D eigenvalue weighted by Gasteiger charge is 2.31. The lowest BCUT2D eigenvalue weighted by atomic mass is 9.91. The summed E-state index contributed by atoms with van der Waals surface area (Å²) in [6.45, 7) is 10.8. The summed E-state index contributed by atoms with van der Waals surface area (Å²) in [6, 6.07) is 7.45. The Labute approximate surface area is 174 Å². The quantitative estimate of drug-likeness (QED) is 0.797. The Morgan fingerprint density at radius 2 is 1.86 bits per heavy atom. The maximum Gasteiger partial charge on any atom is 0.135 e. The Hall–Kier alpha value is -2.05. The Morgan fingerprint density at radius 1 is 1.03 bits per heavy atom. The van der Waals surface area contributed by atoms with E-state index in [1.807, 2.05) is 0 Å². The van der Waals surface area contributed by atoms with Crippen LogP contribution in [0.2, 0.25) is 0 Å². The van der Waals surface area contributed by atoms with Crippen LogP contribution in [0.3, 0.4) is 0 Å². The third-order valence-electron chi connectivity index (χ3n) is 7.10. The molecule has 0 radical (unpaired) electrons. The lowest BCUT2D eigenvalue weighted by Gasteiger charge is -2.44. The Bertz CT molecular complexity index is 856. The normalized spacial score (nSPS) is 22.2. The van der Waals surface area contributed by atoms with E-state index in [0.717, 1.165) is 50.0 Å². The van der Waals surface area contributed by atoms with Crippen LogP contribution >= 0.6 is 0 Å². The fourth-order valence-corrected chi connectivity index (χ4v) is 4.99. The Kier molecular flexibility index (Phi) is 5.22. The molecule has 29 heavy (non-hydrogen) atoms. The highest BCUT2D eigenvalue weighted by Crippen LogP contribution is 2.31. The van der Waals surface area contributed by atoms with Crippen molar-refractivity contribution in [3.8, 4) is 0 Å². The van der Waals surface area contributed by atoms with Gasteiger partial charge in [-0.25, -0.2) is 9.97 Å². The van der Waals surface area contributed by atoms with Gasteiger partial charge in [-0.15, -0.1) is 0 Å². The number of anilines is 1. The Balaban J connectivity index is 1.29. The van der Waals surface area contributed by atoms with Gasteiger partial charge in [0, 0.05) is 62.6 Å². The van der Waals surface area contributed by atoms with E-state index in [9.17, 15) is 0 Å². The van der Waals surface area contributed by atoms with Gasteiger partial charge in [0.05, 0.1) is 11.4 Å². The summed E-state index contributed by atoms with van der Waals surface area (Å²) < 4.78 is 0. The van der Waals surface area contributed by atoms with Crippen LogP contribution in [0.1, 0.15) is 54.9 Å². The van der Waals surface area contributed by atoms with Crippen LogP contribution in [-0.4, -0.2) is 63.5 Å². The molecule has 0 bridgehead atoms. The molecule has 1 saturated heterocycles. The molecule has 4 heterocycles. The monoisotopic (exact) mass is 392 g/mol.